The fraction of sp³-hybridized carbons (Fsp3) is 0.500. The molecule has 1 aromatic carbocycles. The van der Waals surface area contributed by atoms with Gasteiger partial charge in [0.1, 0.15) is 0 Å². The van der Waals surface area contributed by atoms with Gasteiger partial charge in [-0.05, 0) is 25.0 Å². The van der Waals surface area contributed by atoms with Gasteiger partial charge in [0.25, 0.3) is 0 Å². The van der Waals surface area contributed by atoms with E-state index in [2.05, 4.69) is 25.7 Å². The molecule has 0 amide bonds. The molecular weight excluding hydrogens is 208 g/mol. The fourth-order valence-corrected chi connectivity index (χ4v) is 1.81. The van der Waals surface area contributed by atoms with Crippen LogP contribution in [-0.4, -0.2) is 13.1 Å². The quantitative estimate of drug-likeness (QED) is 0.798. The van der Waals surface area contributed by atoms with E-state index >= 15 is 0 Å². The Kier molecular flexibility index (Phi) is 4.28. The first kappa shape index (κ1) is 12.2. The second kappa shape index (κ2) is 5.26. The molecule has 0 spiro atoms. The SMILES string of the molecule is CCN(CC(C)C)c1cccc(Cl)c1N. The highest BCUT2D eigenvalue weighted by Gasteiger charge is 2.11. The van der Waals surface area contributed by atoms with Crippen molar-refractivity contribution in [3.05, 3.63) is 23.2 Å². The van der Waals surface area contributed by atoms with Crippen molar-refractivity contribution >= 4 is 23.0 Å². The van der Waals surface area contributed by atoms with Crippen molar-refractivity contribution in [2.24, 2.45) is 5.92 Å². The zero-order valence-electron chi connectivity index (χ0n) is 9.63. The molecule has 0 aliphatic carbocycles. The molecule has 0 bridgehead atoms. The maximum Gasteiger partial charge on any atom is 0.0741 e. The highest BCUT2D eigenvalue weighted by atomic mass is 35.5. The molecule has 3 heteroatoms. The van der Waals surface area contributed by atoms with Gasteiger partial charge in [-0.25, -0.2) is 0 Å². The minimum absolute atomic E-state index is 0.614. The van der Waals surface area contributed by atoms with Crippen LogP contribution in [0.25, 0.3) is 0 Å². The lowest BCUT2D eigenvalue weighted by Crippen LogP contribution is -2.27. The molecule has 1 aromatic rings. The lowest BCUT2D eigenvalue weighted by atomic mass is 10.1. The van der Waals surface area contributed by atoms with E-state index in [1.165, 1.54) is 0 Å². The summed E-state index contributed by atoms with van der Waals surface area (Å²) in [6.07, 6.45) is 0. The fourth-order valence-electron chi connectivity index (χ4n) is 1.64. The first-order valence-electron chi connectivity index (χ1n) is 5.35. The maximum absolute atomic E-state index is 6.00. The summed E-state index contributed by atoms with van der Waals surface area (Å²) in [5.41, 5.74) is 7.68. The molecule has 0 atom stereocenters. The Labute approximate surface area is 97.0 Å². The van der Waals surface area contributed by atoms with Crippen molar-refractivity contribution in [2.45, 2.75) is 20.8 Å². The molecule has 2 N–H and O–H groups in total. The number of hydrogen-bond acceptors (Lipinski definition) is 2. The van der Waals surface area contributed by atoms with Crippen molar-refractivity contribution in [1.82, 2.24) is 0 Å². The van der Waals surface area contributed by atoms with Gasteiger partial charge in [-0.3, -0.25) is 0 Å². The summed E-state index contributed by atoms with van der Waals surface area (Å²) in [7, 11) is 0. The molecule has 0 heterocycles. The Hall–Kier alpha value is -0.890. The van der Waals surface area contributed by atoms with Crippen molar-refractivity contribution in [1.29, 1.82) is 0 Å². The molecule has 0 aliphatic rings. The monoisotopic (exact) mass is 226 g/mol. The number of rotatable bonds is 4. The van der Waals surface area contributed by atoms with Gasteiger partial charge in [0.05, 0.1) is 16.4 Å². The van der Waals surface area contributed by atoms with Crippen LogP contribution in [0.15, 0.2) is 18.2 Å². The van der Waals surface area contributed by atoms with Crippen molar-refractivity contribution < 1.29 is 0 Å². The predicted molar refractivity (Wildman–Crippen MR) is 68.6 cm³/mol. The van der Waals surface area contributed by atoms with Gasteiger partial charge in [0.15, 0.2) is 0 Å². The molecule has 0 saturated carbocycles. The number of nitrogens with zero attached hydrogens (tertiary/aromatic N) is 1. The molecule has 0 fully saturated rings. The number of halogens is 1. The van der Waals surface area contributed by atoms with E-state index in [-0.39, 0.29) is 0 Å². The molecule has 1 rings (SSSR count). The Bertz CT molecular complexity index is 323. The molecular formula is C12H19ClN2. The smallest absolute Gasteiger partial charge is 0.0741 e. The molecule has 0 unspecified atom stereocenters. The maximum atomic E-state index is 6.00. The summed E-state index contributed by atoms with van der Waals surface area (Å²) in [6.45, 7) is 8.47. The highest BCUT2D eigenvalue weighted by molar-refractivity contribution is 6.33. The zero-order valence-corrected chi connectivity index (χ0v) is 10.4. The first-order chi connectivity index (χ1) is 7.06. The van der Waals surface area contributed by atoms with Gasteiger partial charge < -0.3 is 10.6 Å². The van der Waals surface area contributed by atoms with Gasteiger partial charge in [-0.15, -0.1) is 0 Å². The number of nitrogens with two attached hydrogens (primary N) is 1. The van der Waals surface area contributed by atoms with Gasteiger partial charge in [0.2, 0.25) is 0 Å². The van der Waals surface area contributed by atoms with E-state index < -0.39 is 0 Å². The third-order valence-electron chi connectivity index (χ3n) is 2.34. The second-order valence-corrected chi connectivity index (χ2v) is 4.51. The molecule has 2 nitrogen and oxygen atoms in total. The van der Waals surface area contributed by atoms with Crippen molar-refractivity contribution in [2.75, 3.05) is 23.7 Å². The summed E-state index contributed by atoms with van der Waals surface area (Å²) < 4.78 is 0. The molecule has 0 aliphatic heterocycles. The summed E-state index contributed by atoms with van der Waals surface area (Å²) in [5.74, 6) is 0.614. The summed E-state index contributed by atoms with van der Waals surface area (Å²) in [4.78, 5) is 2.26. The third kappa shape index (κ3) is 3.03. The summed E-state index contributed by atoms with van der Waals surface area (Å²) in [6, 6.07) is 5.79. The van der Waals surface area contributed by atoms with Gasteiger partial charge >= 0.3 is 0 Å². The van der Waals surface area contributed by atoms with Crippen LogP contribution in [0.3, 0.4) is 0 Å². The van der Waals surface area contributed by atoms with Crippen LogP contribution in [0.2, 0.25) is 5.02 Å². The van der Waals surface area contributed by atoms with E-state index in [1.807, 2.05) is 18.2 Å². The highest BCUT2D eigenvalue weighted by Crippen LogP contribution is 2.30. The Morgan fingerprint density at radius 2 is 2.07 bits per heavy atom. The zero-order chi connectivity index (χ0) is 11.4. The van der Waals surface area contributed by atoms with Crippen LogP contribution in [0, 0.1) is 5.92 Å². The Morgan fingerprint density at radius 1 is 1.40 bits per heavy atom. The Balaban J connectivity index is 2.96. The normalized spacial score (nSPS) is 10.7. The minimum Gasteiger partial charge on any atom is -0.396 e. The number of nitrogen functional groups attached to an aromatic ring is 1. The average molecular weight is 227 g/mol. The first-order valence-corrected chi connectivity index (χ1v) is 5.73. The molecule has 0 saturated heterocycles. The van der Waals surface area contributed by atoms with Crippen LogP contribution in [0.4, 0.5) is 11.4 Å². The van der Waals surface area contributed by atoms with Crippen LogP contribution in [0.5, 0.6) is 0 Å². The van der Waals surface area contributed by atoms with E-state index in [4.69, 9.17) is 17.3 Å². The predicted octanol–water partition coefficient (Wildman–Crippen LogP) is 3.40. The van der Waals surface area contributed by atoms with E-state index in [9.17, 15) is 0 Å². The molecule has 0 aromatic heterocycles. The topological polar surface area (TPSA) is 29.3 Å². The number of benzene rings is 1. The van der Waals surface area contributed by atoms with Crippen LogP contribution < -0.4 is 10.6 Å². The van der Waals surface area contributed by atoms with E-state index in [0.717, 1.165) is 18.8 Å². The average Bonchev–Trinajstić information content (AvgIpc) is 2.19. The summed E-state index contributed by atoms with van der Waals surface area (Å²) >= 11 is 6.00. The Morgan fingerprint density at radius 3 is 2.60 bits per heavy atom. The minimum atomic E-state index is 0.614. The van der Waals surface area contributed by atoms with Crippen LogP contribution in [0.1, 0.15) is 20.8 Å². The molecule has 15 heavy (non-hydrogen) atoms. The van der Waals surface area contributed by atoms with Crippen LogP contribution in [-0.2, 0) is 0 Å². The molecule has 84 valence electrons. The third-order valence-corrected chi connectivity index (χ3v) is 2.67. The van der Waals surface area contributed by atoms with Gasteiger partial charge in [0, 0.05) is 13.1 Å². The van der Waals surface area contributed by atoms with Gasteiger partial charge in [-0.2, -0.15) is 0 Å². The lowest BCUT2D eigenvalue weighted by molar-refractivity contribution is 0.619. The van der Waals surface area contributed by atoms with Crippen LogP contribution >= 0.6 is 11.6 Å². The second-order valence-electron chi connectivity index (χ2n) is 4.11. The number of hydrogen-bond donors (Lipinski definition) is 1. The largest absolute Gasteiger partial charge is 0.396 e. The van der Waals surface area contributed by atoms with Gasteiger partial charge in [-0.1, -0.05) is 31.5 Å². The van der Waals surface area contributed by atoms with Crippen molar-refractivity contribution in [3.63, 3.8) is 0 Å². The van der Waals surface area contributed by atoms with Crippen molar-refractivity contribution in [3.8, 4) is 0 Å². The summed E-state index contributed by atoms with van der Waals surface area (Å²) in [5, 5.41) is 0.634. The number of para-hydroxylation sites is 1. The standard InChI is InChI=1S/C12H19ClN2/c1-4-15(8-9(2)3)11-7-5-6-10(13)12(11)14/h5-7,9H,4,8,14H2,1-3H3. The molecule has 0 radical (unpaired) electrons. The van der Waals surface area contributed by atoms with E-state index in [0.29, 0.717) is 16.6 Å². The van der Waals surface area contributed by atoms with E-state index in [1.54, 1.807) is 0 Å². The lowest BCUT2D eigenvalue weighted by Gasteiger charge is -2.26. The number of anilines is 2.